The molecular weight excluding hydrogens is 463 g/mol. The van der Waals surface area contributed by atoms with Crippen molar-refractivity contribution >= 4 is 27.7 Å². The molecule has 3 N–H and O–H groups in total. The zero-order valence-electron chi connectivity index (χ0n) is 21.4. The zero-order valence-corrected chi connectivity index (χ0v) is 21.4. The van der Waals surface area contributed by atoms with Crippen molar-refractivity contribution in [2.24, 2.45) is 16.6 Å². The maximum Gasteiger partial charge on any atom is 0.230 e. The van der Waals surface area contributed by atoms with Crippen LogP contribution >= 0.6 is 0 Å². The molecule has 9 heteroatoms. The number of aryl methyl sites for hydroxylation is 1. The van der Waals surface area contributed by atoms with Crippen LogP contribution in [0.1, 0.15) is 39.8 Å². The molecule has 2 heterocycles. The third-order valence-electron chi connectivity index (χ3n) is 6.13. The van der Waals surface area contributed by atoms with E-state index in [9.17, 15) is 4.79 Å². The first-order valence-corrected chi connectivity index (χ1v) is 11.6. The second-order valence-electron chi connectivity index (χ2n) is 10.5. The smallest absolute Gasteiger partial charge is 0.230 e. The van der Waals surface area contributed by atoms with Crippen LogP contribution in [0.15, 0.2) is 36.7 Å². The topological polar surface area (TPSA) is 112 Å². The Morgan fingerprint density at radius 3 is 2.50 bits per heavy atom. The van der Waals surface area contributed by atoms with Crippen LogP contribution in [0.5, 0.6) is 23.1 Å². The zero-order chi connectivity index (χ0) is 26.3. The number of nitrogens with two attached hydrogens (primary N) is 1. The third kappa shape index (κ3) is 5.05. The maximum absolute atomic E-state index is 15.1. The molecule has 0 aliphatic carbocycles. The van der Waals surface area contributed by atoms with E-state index in [2.05, 4.69) is 15.0 Å². The first-order chi connectivity index (χ1) is 16.9. The highest BCUT2D eigenvalue weighted by Gasteiger charge is 2.34. The number of aromatic amines is 1. The number of primary amides is 1. The summed E-state index contributed by atoms with van der Waals surface area (Å²) in [5.74, 6) is 0.347. The van der Waals surface area contributed by atoms with Gasteiger partial charge in [0.15, 0.2) is 23.1 Å². The van der Waals surface area contributed by atoms with Gasteiger partial charge < -0.3 is 24.9 Å². The van der Waals surface area contributed by atoms with Crippen LogP contribution in [0, 0.1) is 23.6 Å². The fourth-order valence-electron chi connectivity index (χ4n) is 4.47. The summed E-state index contributed by atoms with van der Waals surface area (Å²) in [5.41, 5.74) is 6.63. The normalized spacial score (nSPS) is 12.2. The molecule has 36 heavy (non-hydrogen) atoms. The van der Waals surface area contributed by atoms with E-state index >= 15 is 4.39 Å². The highest BCUT2D eigenvalue weighted by atomic mass is 19.1. The van der Waals surface area contributed by atoms with Crippen LogP contribution < -0.4 is 19.9 Å². The summed E-state index contributed by atoms with van der Waals surface area (Å²) >= 11 is 0. The number of carbonyl (C=O) groups excluding carboxylic acids is 1. The number of methoxy groups -OCH3 is 1. The van der Waals surface area contributed by atoms with E-state index in [-0.39, 0.29) is 23.0 Å². The Hall–Kier alpha value is -3.88. The average molecular weight is 495 g/mol. The lowest BCUT2D eigenvalue weighted by atomic mass is 9.75. The number of halogens is 1. The lowest BCUT2D eigenvalue weighted by molar-refractivity contribution is -0.127. The highest BCUT2D eigenvalue weighted by Crippen LogP contribution is 2.39. The van der Waals surface area contributed by atoms with Crippen molar-refractivity contribution in [1.82, 2.24) is 15.0 Å². The molecule has 0 saturated carbocycles. The van der Waals surface area contributed by atoms with Crippen molar-refractivity contribution in [1.29, 1.82) is 0 Å². The number of ether oxygens (including phenoxy) is 3. The first-order valence-electron chi connectivity index (χ1n) is 11.6. The summed E-state index contributed by atoms with van der Waals surface area (Å²) in [5, 5.41) is 0.985. The van der Waals surface area contributed by atoms with Gasteiger partial charge in [0.2, 0.25) is 11.8 Å². The summed E-state index contributed by atoms with van der Waals surface area (Å²) < 4.78 is 32.7. The molecule has 8 nitrogen and oxygen atoms in total. The van der Waals surface area contributed by atoms with Crippen LogP contribution in [-0.4, -0.2) is 34.6 Å². The monoisotopic (exact) mass is 494 g/mol. The summed E-state index contributed by atoms with van der Waals surface area (Å²) in [6.45, 7) is 9.85. The van der Waals surface area contributed by atoms with E-state index in [1.807, 2.05) is 34.6 Å². The number of nitrogens with zero attached hydrogens (tertiary/aromatic N) is 2. The largest absolute Gasteiger partial charge is 0.493 e. The lowest BCUT2D eigenvalue weighted by Gasteiger charge is -2.32. The molecule has 2 aromatic carbocycles. The van der Waals surface area contributed by atoms with Gasteiger partial charge in [-0.05, 0) is 43.0 Å². The van der Waals surface area contributed by atoms with Gasteiger partial charge in [-0.1, -0.05) is 27.7 Å². The lowest BCUT2D eigenvalue weighted by Crippen LogP contribution is -2.37. The molecule has 0 aliphatic heterocycles. The van der Waals surface area contributed by atoms with Crippen LogP contribution in [0.25, 0.3) is 21.8 Å². The van der Waals surface area contributed by atoms with Gasteiger partial charge in [-0.2, -0.15) is 0 Å². The molecule has 190 valence electrons. The van der Waals surface area contributed by atoms with Crippen LogP contribution in [-0.2, 0) is 4.79 Å². The number of benzene rings is 2. The molecule has 4 aromatic rings. The number of hydrogen-bond acceptors (Lipinski definition) is 6. The second kappa shape index (κ2) is 9.29. The number of fused-ring (bicyclic) bond motifs is 2. The van der Waals surface area contributed by atoms with Gasteiger partial charge in [-0.3, -0.25) is 4.79 Å². The Morgan fingerprint density at radius 1 is 1.06 bits per heavy atom. The summed E-state index contributed by atoms with van der Waals surface area (Å²) in [7, 11) is 1.53. The van der Waals surface area contributed by atoms with Gasteiger partial charge in [-0.15, -0.1) is 0 Å². The van der Waals surface area contributed by atoms with Crippen LogP contribution in [0.3, 0.4) is 0 Å². The first kappa shape index (κ1) is 25.2. The third-order valence-corrected chi connectivity index (χ3v) is 6.13. The maximum atomic E-state index is 15.1. The molecule has 1 amide bonds. The van der Waals surface area contributed by atoms with Crippen LogP contribution in [0.4, 0.5) is 4.39 Å². The Labute approximate surface area is 209 Å². The molecule has 0 fully saturated rings. The Morgan fingerprint density at radius 2 is 1.81 bits per heavy atom. The predicted molar refractivity (Wildman–Crippen MR) is 136 cm³/mol. The van der Waals surface area contributed by atoms with Gasteiger partial charge in [0, 0.05) is 28.1 Å². The number of hydrogen-bond donors (Lipinski definition) is 2. The van der Waals surface area contributed by atoms with Crippen molar-refractivity contribution in [3.63, 3.8) is 0 Å². The fourth-order valence-corrected chi connectivity index (χ4v) is 4.47. The van der Waals surface area contributed by atoms with Crippen molar-refractivity contribution in [3.05, 3.63) is 48.2 Å². The van der Waals surface area contributed by atoms with E-state index in [1.165, 1.54) is 13.4 Å². The molecule has 2 aromatic heterocycles. The number of amides is 1. The molecule has 0 bridgehead atoms. The molecule has 0 atom stereocenters. The summed E-state index contributed by atoms with van der Waals surface area (Å²) in [6, 6.07) is 8.49. The number of H-pyrrole nitrogens is 1. The molecule has 0 saturated heterocycles. The van der Waals surface area contributed by atoms with E-state index in [0.29, 0.717) is 46.3 Å². The molecule has 0 unspecified atom stereocenters. The van der Waals surface area contributed by atoms with Crippen molar-refractivity contribution < 1.29 is 23.4 Å². The van der Waals surface area contributed by atoms with E-state index in [4.69, 9.17) is 19.9 Å². The minimum atomic E-state index is -0.669. The van der Waals surface area contributed by atoms with Crippen molar-refractivity contribution in [2.45, 2.75) is 41.0 Å². The number of carbonyl (C=O) groups is 1. The number of aromatic nitrogens is 3. The predicted octanol–water partition coefficient (Wildman–Crippen LogP) is 5.67. The van der Waals surface area contributed by atoms with Gasteiger partial charge >= 0.3 is 0 Å². The van der Waals surface area contributed by atoms with Crippen LogP contribution in [0.2, 0.25) is 0 Å². The molecule has 0 radical (unpaired) electrons. The molecular formula is C27H31FN4O4. The van der Waals surface area contributed by atoms with E-state index in [1.54, 1.807) is 30.3 Å². The second-order valence-corrected chi connectivity index (χ2v) is 10.5. The Balaban J connectivity index is 1.63. The van der Waals surface area contributed by atoms with Gasteiger partial charge in [-0.25, -0.2) is 14.4 Å². The quantitative estimate of drug-likeness (QED) is 0.310. The Kier molecular flexibility index (Phi) is 6.51. The summed E-state index contributed by atoms with van der Waals surface area (Å²) in [6.07, 6.45) is 1.89. The molecule has 4 rings (SSSR count). The number of rotatable bonds is 9. The standard InChI is InChI=1S/C27H31FN4O4/c1-15-9-16-18(32-15)7-8-20(23(16)28)36-24-17-10-21(34-6)22(11-19(17)30-14-31-24)35-13-26(2,3)12-27(4,5)25(29)33/h7-11,14,32H,12-13H2,1-6H3,(H2,29,33). The minimum Gasteiger partial charge on any atom is -0.493 e. The molecule has 0 spiro atoms. The average Bonchev–Trinajstić information content (AvgIpc) is 3.19. The minimum absolute atomic E-state index is 0.0552. The van der Waals surface area contributed by atoms with E-state index in [0.717, 1.165) is 5.69 Å². The SMILES string of the molecule is COc1cc2c(Oc3ccc4[nH]c(C)cc4c3F)ncnc2cc1OCC(C)(C)CC(C)(C)C(N)=O. The number of nitrogens with one attached hydrogen (secondary N) is 1. The highest BCUT2D eigenvalue weighted by molar-refractivity contribution is 5.87. The Bertz CT molecular complexity index is 1450. The van der Waals surface area contributed by atoms with Gasteiger partial charge in [0.05, 0.1) is 24.6 Å². The summed E-state index contributed by atoms with van der Waals surface area (Å²) in [4.78, 5) is 23.5. The van der Waals surface area contributed by atoms with E-state index < -0.39 is 11.2 Å². The van der Waals surface area contributed by atoms with Gasteiger partial charge in [0.1, 0.15) is 6.33 Å². The van der Waals surface area contributed by atoms with Crippen molar-refractivity contribution in [2.75, 3.05) is 13.7 Å². The molecule has 0 aliphatic rings. The van der Waals surface area contributed by atoms with Gasteiger partial charge in [0.25, 0.3) is 0 Å². The van der Waals surface area contributed by atoms with Crippen molar-refractivity contribution in [3.8, 4) is 23.1 Å². The fraction of sp³-hybridized carbons (Fsp3) is 0.370.